The first kappa shape index (κ1) is 19.4. The van der Waals surface area contributed by atoms with Crippen molar-refractivity contribution in [2.45, 2.75) is 51.7 Å². The molecule has 2 heterocycles. The maximum Gasteiger partial charge on any atom is 0.410 e. The number of aromatic nitrogens is 2. The van der Waals surface area contributed by atoms with E-state index in [1.54, 1.807) is 16.8 Å². The van der Waals surface area contributed by atoms with Crippen molar-refractivity contribution in [3.63, 3.8) is 0 Å². The summed E-state index contributed by atoms with van der Waals surface area (Å²) in [5, 5.41) is 0.252. The van der Waals surface area contributed by atoms with E-state index in [0.717, 1.165) is 12.8 Å². The van der Waals surface area contributed by atoms with Crippen LogP contribution in [0.5, 0.6) is 0 Å². The zero-order chi connectivity index (χ0) is 18.6. The first-order valence-electron chi connectivity index (χ1n) is 8.40. The van der Waals surface area contributed by atoms with Crippen LogP contribution in [0.15, 0.2) is 12.4 Å². The number of ether oxygens (including phenoxy) is 1. The van der Waals surface area contributed by atoms with E-state index in [9.17, 15) is 9.59 Å². The second-order valence-corrected chi connectivity index (χ2v) is 7.58. The van der Waals surface area contributed by atoms with E-state index in [4.69, 9.17) is 16.3 Å². The Hall–Kier alpha value is -1.89. The smallest absolute Gasteiger partial charge is 0.410 e. The molecule has 1 atom stereocenters. The zero-order valence-electron chi connectivity index (χ0n) is 15.2. The fraction of sp³-hybridized carbons (Fsp3) is 0.647. The molecular weight excluding hydrogens is 344 g/mol. The fourth-order valence-electron chi connectivity index (χ4n) is 2.74. The molecule has 0 N–H and O–H groups in total. The summed E-state index contributed by atoms with van der Waals surface area (Å²) in [5.74, 6) is -0.195. The topological polar surface area (TPSA) is 75.6 Å². The first-order chi connectivity index (χ1) is 11.7. The summed E-state index contributed by atoms with van der Waals surface area (Å²) in [6.45, 7) is 6.75. The molecule has 1 fully saturated rings. The van der Waals surface area contributed by atoms with E-state index in [2.05, 4.69) is 9.97 Å². The minimum atomic E-state index is -0.511. The number of hydrogen-bond acceptors (Lipinski definition) is 5. The number of carbonyl (C=O) groups excluding carboxylic acids is 2. The summed E-state index contributed by atoms with van der Waals surface area (Å²) in [7, 11) is 1.76. The molecule has 1 unspecified atom stereocenters. The van der Waals surface area contributed by atoms with Crippen LogP contribution in [0.2, 0.25) is 5.15 Å². The monoisotopic (exact) mass is 368 g/mol. The predicted octanol–water partition coefficient (Wildman–Crippen LogP) is 2.99. The van der Waals surface area contributed by atoms with Gasteiger partial charge in [0.25, 0.3) is 5.91 Å². The van der Waals surface area contributed by atoms with Gasteiger partial charge in [0.05, 0.1) is 12.4 Å². The molecule has 0 bridgehead atoms. The van der Waals surface area contributed by atoms with Gasteiger partial charge in [-0.3, -0.25) is 4.79 Å². The molecule has 2 amide bonds. The third-order valence-electron chi connectivity index (χ3n) is 4.06. The van der Waals surface area contributed by atoms with Crippen molar-refractivity contribution in [1.82, 2.24) is 19.8 Å². The molecule has 1 saturated heterocycles. The lowest BCUT2D eigenvalue weighted by Crippen LogP contribution is -2.40. The number of likely N-dealkylation sites (tertiary alicyclic amines) is 1. The van der Waals surface area contributed by atoms with Gasteiger partial charge in [-0.15, -0.1) is 0 Å². The summed E-state index contributed by atoms with van der Waals surface area (Å²) in [5.41, 5.74) is -0.247. The summed E-state index contributed by atoms with van der Waals surface area (Å²) < 4.78 is 5.43. The molecule has 0 spiro atoms. The highest BCUT2D eigenvalue weighted by Gasteiger charge is 2.28. The highest BCUT2D eigenvalue weighted by atomic mass is 35.5. The van der Waals surface area contributed by atoms with Crippen molar-refractivity contribution < 1.29 is 14.3 Å². The number of hydrogen-bond donors (Lipinski definition) is 0. The van der Waals surface area contributed by atoms with Gasteiger partial charge in [-0.25, -0.2) is 14.8 Å². The van der Waals surface area contributed by atoms with Crippen LogP contribution < -0.4 is 0 Å². The minimum absolute atomic E-state index is 0.0393. The van der Waals surface area contributed by atoms with Crippen molar-refractivity contribution in [3.8, 4) is 0 Å². The van der Waals surface area contributed by atoms with Gasteiger partial charge in [0.2, 0.25) is 0 Å². The molecule has 1 aliphatic heterocycles. The van der Waals surface area contributed by atoms with Gasteiger partial charge in [-0.1, -0.05) is 11.6 Å². The largest absolute Gasteiger partial charge is 0.444 e. The number of rotatable bonds is 2. The highest BCUT2D eigenvalue weighted by molar-refractivity contribution is 6.29. The standard InChI is InChI=1S/C17H25ClN4O3/c1-17(2,3)25-16(24)22-8-5-6-12(7-9-22)21(4)15(23)13-10-20-14(18)11-19-13/h10-12H,5-9H2,1-4H3. The third kappa shape index (κ3) is 5.56. The number of nitrogens with zero attached hydrogens (tertiary/aromatic N) is 4. The zero-order valence-corrected chi connectivity index (χ0v) is 15.9. The lowest BCUT2D eigenvalue weighted by Gasteiger charge is -2.28. The SMILES string of the molecule is CN(C(=O)c1cnc(Cl)cn1)C1CCCN(C(=O)OC(C)(C)C)CC1. The average molecular weight is 369 g/mol. The van der Waals surface area contributed by atoms with Gasteiger partial charge in [-0.2, -0.15) is 0 Å². The van der Waals surface area contributed by atoms with E-state index in [1.807, 2.05) is 20.8 Å². The van der Waals surface area contributed by atoms with Gasteiger partial charge >= 0.3 is 6.09 Å². The van der Waals surface area contributed by atoms with Crippen molar-refractivity contribution in [2.75, 3.05) is 20.1 Å². The summed E-state index contributed by atoms with van der Waals surface area (Å²) in [6.07, 6.45) is 4.77. The average Bonchev–Trinajstić information content (AvgIpc) is 2.78. The molecular formula is C17H25ClN4O3. The molecule has 8 heteroatoms. The van der Waals surface area contributed by atoms with Crippen molar-refractivity contribution in [2.24, 2.45) is 0 Å². The highest BCUT2D eigenvalue weighted by Crippen LogP contribution is 2.19. The number of carbonyl (C=O) groups is 2. The van der Waals surface area contributed by atoms with Crippen molar-refractivity contribution in [1.29, 1.82) is 0 Å². The molecule has 1 aliphatic rings. The van der Waals surface area contributed by atoms with E-state index < -0.39 is 5.60 Å². The Morgan fingerprint density at radius 1 is 1.24 bits per heavy atom. The Kier molecular flexibility index (Phi) is 6.21. The Bertz CT molecular complexity index is 615. The number of amides is 2. The van der Waals surface area contributed by atoms with Gasteiger partial charge in [0.15, 0.2) is 0 Å². The lowest BCUT2D eigenvalue weighted by atomic mass is 10.1. The maximum absolute atomic E-state index is 12.5. The molecule has 25 heavy (non-hydrogen) atoms. The fourth-order valence-corrected chi connectivity index (χ4v) is 2.84. The van der Waals surface area contributed by atoms with Crippen LogP contribution in [-0.4, -0.2) is 63.5 Å². The Balaban J connectivity index is 1.96. The molecule has 1 aromatic rings. The van der Waals surface area contributed by atoms with Gasteiger partial charge in [0, 0.05) is 26.2 Å². The van der Waals surface area contributed by atoms with Crippen LogP contribution in [0.3, 0.4) is 0 Å². The molecule has 0 aliphatic carbocycles. The van der Waals surface area contributed by atoms with Gasteiger partial charge in [0.1, 0.15) is 16.4 Å². The van der Waals surface area contributed by atoms with Crippen LogP contribution in [0.1, 0.15) is 50.5 Å². The van der Waals surface area contributed by atoms with Crippen LogP contribution >= 0.6 is 11.6 Å². The summed E-state index contributed by atoms with van der Waals surface area (Å²) in [6, 6.07) is 0.0393. The minimum Gasteiger partial charge on any atom is -0.444 e. The van der Waals surface area contributed by atoms with Crippen LogP contribution in [-0.2, 0) is 4.74 Å². The second kappa shape index (κ2) is 7.99. The number of halogens is 1. The lowest BCUT2D eigenvalue weighted by molar-refractivity contribution is 0.0254. The van der Waals surface area contributed by atoms with Crippen molar-refractivity contribution >= 4 is 23.6 Å². The molecule has 2 rings (SSSR count). The predicted molar refractivity (Wildman–Crippen MR) is 94.6 cm³/mol. The molecule has 138 valence electrons. The molecule has 0 aromatic carbocycles. The van der Waals surface area contributed by atoms with E-state index in [-0.39, 0.29) is 28.9 Å². The van der Waals surface area contributed by atoms with Crippen LogP contribution in [0.4, 0.5) is 4.79 Å². The normalized spacial score (nSPS) is 18.4. The van der Waals surface area contributed by atoms with E-state index in [1.165, 1.54) is 12.4 Å². The van der Waals surface area contributed by atoms with Crippen LogP contribution in [0.25, 0.3) is 0 Å². The van der Waals surface area contributed by atoms with Gasteiger partial charge in [-0.05, 0) is 40.0 Å². The Morgan fingerprint density at radius 2 is 1.96 bits per heavy atom. The molecule has 0 radical (unpaired) electrons. The molecule has 0 saturated carbocycles. The van der Waals surface area contributed by atoms with Crippen LogP contribution in [0, 0.1) is 0 Å². The quantitative estimate of drug-likeness (QED) is 0.802. The Morgan fingerprint density at radius 3 is 2.56 bits per heavy atom. The molecule has 1 aromatic heterocycles. The summed E-state index contributed by atoms with van der Waals surface area (Å²) in [4.78, 5) is 36.1. The second-order valence-electron chi connectivity index (χ2n) is 7.19. The molecule has 7 nitrogen and oxygen atoms in total. The summed E-state index contributed by atoms with van der Waals surface area (Å²) >= 11 is 5.71. The van der Waals surface area contributed by atoms with Crippen molar-refractivity contribution in [3.05, 3.63) is 23.2 Å². The first-order valence-corrected chi connectivity index (χ1v) is 8.78. The Labute approximate surface area is 153 Å². The third-order valence-corrected chi connectivity index (χ3v) is 4.25. The van der Waals surface area contributed by atoms with E-state index in [0.29, 0.717) is 19.5 Å². The maximum atomic E-state index is 12.5. The van der Waals surface area contributed by atoms with Gasteiger partial charge < -0.3 is 14.5 Å². The van der Waals surface area contributed by atoms with E-state index >= 15 is 0 Å².